The molecule has 0 spiro atoms. The van der Waals surface area contributed by atoms with E-state index in [9.17, 15) is 0 Å². The van der Waals surface area contributed by atoms with Gasteiger partial charge in [0, 0.05) is 27.5 Å². The van der Waals surface area contributed by atoms with Crippen molar-refractivity contribution in [2.24, 2.45) is 0 Å². The van der Waals surface area contributed by atoms with Crippen molar-refractivity contribution in [2.75, 3.05) is 4.90 Å². The van der Waals surface area contributed by atoms with Crippen LogP contribution < -0.4 is 26.0 Å². The molecular weight excluding hydrogens is 845 g/mol. The van der Waals surface area contributed by atoms with E-state index in [0.717, 1.165) is 67.3 Å². The molecule has 0 bridgehead atoms. The Kier molecular flexibility index (Phi) is 11.0. The Morgan fingerprint density at radius 1 is 0.382 bits per heavy atom. The molecule has 0 amide bonds. The van der Waals surface area contributed by atoms with Crippen molar-refractivity contribution in [3.8, 4) is 56.0 Å². The third-order valence-corrected chi connectivity index (χ3v) is 14.4. The highest BCUT2D eigenvalue weighted by molar-refractivity contribution is 6.99. The molecule has 68 heavy (non-hydrogen) atoms. The van der Waals surface area contributed by atoms with Crippen molar-refractivity contribution in [2.45, 2.75) is 105 Å². The van der Waals surface area contributed by atoms with Crippen LogP contribution in [-0.2, 0) is 21.7 Å². The van der Waals surface area contributed by atoms with E-state index in [1.54, 1.807) is 0 Å². The molecule has 2 aliphatic rings. The number of benzene rings is 8. The number of halogens is 1. The minimum Gasteiger partial charge on any atom is -0.458 e. The topological polar surface area (TPSA) is 12.5 Å². The van der Waals surface area contributed by atoms with E-state index in [0.29, 0.717) is 5.02 Å². The maximum Gasteiger partial charge on any atom is 0.256 e. The second-order valence-corrected chi connectivity index (χ2v) is 23.7. The number of nitrogens with zero attached hydrogens (tertiary/aromatic N) is 1. The Labute approximate surface area is 411 Å². The minimum absolute atomic E-state index is 0.00871. The van der Waals surface area contributed by atoms with Gasteiger partial charge < -0.3 is 9.64 Å². The standard InChI is InChI=1S/C64H63BClNO/c1-61(2,3)46-30-44(31-47(36-46)62(4,5)6)42-26-28-53-55(34-42)67(60-51(40-20-15-13-16-21-40)24-19-25-52(60)41-22-17-14-18-23-41)56-38-50(66)39-58-59(56)65(53)54-29-27-43(35-57(54)68-58)45-32-48(63(7,8)9)37-49(33-45)64(10,11)12/h13-39H,1-12H3. The van der Waals surface area contributed by atoms with Crippen LogP contribution in [0.15, 0.2) is 164 Å². The highest BCUT2D eigenvalue weighted by atomic mass is 35.5. The van der Waals surface area contributed by atoms with Crippen LogP contribution in [0.1, 0.15) is 105 Å². The molecule has 0 aromatic heterocycles. The first-order valence-corrected chi connectivity index (χ1v) is 24.7. The Bertz CT molecular complexity index is 3130. The monoisotopic (exact) mass is 907 g/mol. The van der Waals surface area contributed by atoms with Crippen molar-refractivity contribution in [3.05, 3.63) is 191 Å². The molecule has 0 fully saturated rings. The first kappa shape index (κ1) is 45.5. The molecule has 10 rings (SSSR count). The van der Waals surface area contributed by atoms with Crippen molar-refractivity contribution in [1.29, 1.82) is 0 Å². The molecule has 0 N–H and O–H groups in total. The van der Waals surface area contributed by atoms with Crippen LogP contribution in [-0.4, -0.2) is 6.71 Å². The molecular formula is C64H63BClNO. The number of ether oxygens (including phenoxy) is 1. The van der Waals surface area contributed by atoms with Gasteiger partial charge in [-0.05, 0) is 118 Å². The number of hydrogen-bond donors (Lipinski definition) is 0. The molecule has 2 nitrogen and oxygen atoms in total. The predicted octanol–water partition coefficient (Wildman–Crippen LogP) is 16.6. The summed E-state index contributed by atoms with van der Waals surface area (Å²) in [7, 11) is 0. The predicted molar refractivity (Wildman–Crippen MR) is 294 cm³/mol. The van der Waals surface area contributed by atoms with Gasteiger partial charge >= 0.3 is 0 Å². The molecule has 0 unspecified atom stereocenters. The van der Waals surface area contributed by atoms with Crippen molar-refractivity contribution < 1.29 is 4.74 Å². The summed E-state index contributed by atoms with van der Waals surface area (Å²) in [6, 6.07) is 60.9. The maximum atomic E-state index is 7.34. The molecule has 8 aromatic rings. The zero-order valence-electron chi connectivity index (χ0n) is 41.9. The van der Waals surface area contributed by atoms with Gasteiger partial charge in [-0.2, -0.15) is 0 Å². The molecule has 4 heteroatoms. The number of anilines is 3. The fourth-order valence-electron chi connectivity index (χ4n) is 10.1. The lowest BCUT2D eigenvalue weighted by atomic mass is 9.34. The Morgan fingerprint density at radius 3 is 1.31 bits per heavy atom. The van der Waals surface area contributed by atoms with E-state index in [1.165, 1.54) is 44.4 Å². The quantitative estimate of drug-likeness (QED) is 0.160. The van der Waals surface area contributed by atoms with Gasteiger partial charge in [-0.25, -0.2) is 0 Å². The molecule has 0 saturated heterocycles. The second-order valence-electron chi connectivity index (χ2n) is 23.3. The number of para-hydroxylation sites is 1. The second kappa shape index (κ2) is 16.5. The third-order valence-electron chi connectivity index (χ3n) is 14.2. The lowest BCUT2D eigenvalue weighted by Crippen LogP contribution is -2.59. The fourth-order valence-corrected chi connectivity index (χ4v) is 10.3. The molecule has 8 aromatic carbocycles. The van der Waals surface area contributed by atoms with Crippen molar-refractivity contribution >= 4 is 51.8 Å². The third kappa shape index (κ3) is 8.28. The van der Waals surface area contributed by atoms with Gasteiger partial charge in [-0.3, -0.25) is 0 Å². The largest absolute Gasteiger partial charge is 0.458 e. The summed E-state index contributed by atoms with van der Waals surface area (Å²) in [5, 5.41) is 0.626. The van der Waals surface area contributed by atoms with Gasteiger partial charge in [-0.15, -0.1) is 0 Å². The van der Waals surface area contributed by atoms with E-state index < -0.39 is 0 Å². The van der Waals surface area contributed by atoms with Gasteiger partial charge in [0.15, 0.2) is 0 Å². The van der Waals surface area contributed by atoms with Crippen LogP contribution in [0.5, 0.6) is 11.5 Å². The number of hydrogen-bond acceptors (Lipinski definition) is 2. The molecule has 0 aliphatic carbocycles. The van der Waals surface area contributed by atoms with Gasteiger partial charge in [0.25, 0.3) is 6.71 Å². The van der Waals surface area contributed by atoms with Gasteiger partial charge in [0.1, 0.15) is 11.5 Å². The van der Waals surface area contributed by atoms with Crippen LogP contribution in [0.4, 0.5) is 17.1 Å². The van der Waals surface area contributed by atoms with E-state index in [1.807, 2.05) is 6.07 Å². The Morgan fingerprint density at radius 2 is 0.838 bits per heavy atom. The molecule has 0 atom stereocenters. The number of fused-ring (bicyclic) bond motifs is 4. The average molecular weight is 908 g/mol. The van der Waals surface area contributed by atoms with Crippen LogP contribution in [0.25, 0.3) is 44.5 Å². The van der Waals surface area contributed by atoms with Gasteiger partial charge in [-0.1, -0.05) is 234 Å². The summed E-state index contributed by atoms with van der Waals surface area (Å²) in [5.74, 6) is 1.64. The summed E-state index contributed by atoms with van der Waals surface area (Å²) in [4.78, 5) is 2.50. The summed E-state index contributed by atoms with van der Waals surface area (Å²) in [5.41, 5.74) is 21.2. The maximum absolute atomic E-state index is 7.34. The first-order valence-electron chi connectivity index (χ1n) is 24.3. The molecule has 0 radical (unpaired) electrons. The van der Waals surface area contributed by atoms with Crippen molar-refractivity contribution in [3.63, 3.8) is 0 Å². The van der Waals surface area contributed by atoms with Crippen LogP contribution in [0, 0.1) is 0 Å². The first-order chi connectivity index (χ1) is 32.1. The molecule has 340 valence electrons. The SMILES string of the molecule is CC(C)(C)c1cc(-c2ccc3c(c2)Oc2cc(Cl)cc4c2B3c2ccc(-c3cc(C(C)(C)C)cc(C(C)(C)C)c3)cc2N4c2c(-c3ccccc3)cccc2-c2ccccc2)cc(C(C)(C)C)c1. The normalized spacial score (nSPS) is 13.4. The summed E-state index contributed by atoms with van der Waals surface area (Å²) >= 11 is 7.34. The van der Waals surface area contributed by atoms with Gasteiger partial charge in [0.2, 0.25) is 0 Å². The highest BCUT2D eigenvalue weighted by Gasteiger charge is 2.43. The molecule has 2 heterocycles. The average Bonchev–Trinajstić information content (AvgIpc) is 3.30. The van der Waals surface area contributed by atoms with E-state index in [-0.39, 0.29) is 28.4 Å². The zero-order valence-corrected chi connectivity index (χ0v) is 42.7. The summed E-state index contributed by atoms with van der Waals surface area (Å²) in [6.07, 6.45) is 0. The van der Waals surface area contributed by atoms with Crippen LogP contribution >= 0.6 is 11.6 Å². The smallest absolute Gasteiger partial charge is 0.256 e. The van der Waals surface area contributed by atoms with Crippen molar-refractivity contribution in [1.82, 2.24) is 0 Å². The fraction of sp³-hybridized carbons (Fsp3) is 0.250. The Hall–Kier alpha value is -6.29. The summed E-state index contributed by atoms with van der Waals surface area (Å²) < 4.78 is 7.16. The van der Waals surface area contributed by atoms with E-state index in [4.69, 9.17) is 16.3 Å². The van der Waals surface area contributed by atoms with Crippen LogP contribution in [0.2, 0.25) is 5.02 Å². The Balaban J connectivity index is 1.26. The molecule has 2 aliphatic heterocycles. The van der Waals surface area contributed by atoms with Gasteiger partial charge in [0.05, 0.1) is 5.69 Å². The van der Waals surface area contributed by atoms with E-state index >= 15 is 0 Å². The van der Waals surface area contributed by atoms with E-state index in [2.05, 4.69) is 246 Å². The summed E-state index contributed by atoms with van der Waals surface area (Å²) in [6.45, 7) is 27.6. The highest BCUT2D eigenvalue weighted by Crippen LogP contribution is 2.50. The number of rotatable bonds is 5. The molecule has 0 saturated carbocycles. The minimum atomic E-state index is -0.114. The van der Waals surface area contributed by atoms with Crippen LogP contribution in [0.3, 0.4) is 0 Å². The lowest BCUT2D eigenvalue weighted by molar-refractivity contribution is 0.488. The lowest BCUT2D eigenvalue weighted by Gasteiger charge is -2.41. The zero-order chi connectivity index (χ0) is 48.1.